The summed E-state index contributed by atoms with van der Waals surface area (Å²) in [5.41, 5.74) is 7.64. The van der Waals surface area contributed by atoms with Crippen LogP contribution >= 0.6 is 0 Å². The SMILES string of the molecule is Nc1ncc(-c2ccc3ncc(C(=O)O)n3c2)cn1. The standard InChI is InChI=1S/C12H9N5O2/c13-12-15-3-8(4-16-12)7-1-2-10-14-5-9(11(18)19)17(10)6-7/h1-6H,(H,18,19)(H2,13,15,16). The van der Waals surface area contributed by atoms with Crippen molar-refractivity contribution < 1.29 is 9.90 Å². The first-order valence-electron chi connectivity index (χ1n) is 5.43. The molecule has 3 N–H and O–H groups in total. The van der Waals surface area contributed by atoms with Gasteiger partial charge >= 0.3 is 5.97 Å². The molecule has 0 spiro atoms. The average molecular weight is 255 g/mol. The summed E-state index contributed by atoms with van der Waals surface area (Å²) in [6, 6.07) is 3.56. The van der Waals surface area contributed by atoms with Crippen molar-refractivity contribution in [3.8, 4) is 11.1 Å². The Kier molecular flexibility index (Phi) is 2.38. The highest BCUT2D eigenvalue weighted by atomic mass is 16.4. The van der Waals surface area contributed by atoms with Crippen LogP contribution in [0.5, 0.6) is 0 Å². The number of anilines is 1. The fourth-order valence-electron chi connectivity index (χ4n) is 1.80. The Morgan fingerprint density at radius 1 is 1.11 bits per heavy atom. The first kappa shape index (κ1) is 11.1. The maximum Gasteiger partial charge on any atom is 0.354 e. The highest BCUT2D eigenvalue weighted by Crippen LogP contribution is 2.19. The van der Waals surface area contributed by atoms with Crippen LogP contribution in [0.25, 0.3) is 16.8 Å². The van der Waals surface area contributed by atoms with Gasteiger partial charge in [-0.3, -0.25) is 4.40 Å². The van der Waals surface area contributed by atoms with Gasteiger partial charge in [0.2, 0.25) is 5.95 Å². The van der Waals surface area contributed by atoms with Crippen molar-refractivity contribution >= 4 is 17.6 Å². The van der Waals surface area contributed by atoms with Crippen LogP contribution in [0.2, 0.25) is 0 Å². The van der Waals surface area contributed by atoms with E-state index in [2.05, 4.69) is 15.0 Å². The molecule has 0 aliphatic rings. The number of fused-ring (bicyclic) bond motifs is 1. The van der Waals surface area contributed by atoms with E-state index in [0.29, 0.717) is 5.65 Å². The third-order valence-corrected chi connectivity index (χ3v) is 2.73. The quantitative estimate of drug-likeness (QED) is 0.709. The largest absolute Gasteiger partial charge is 0.477 e. The molecule has 94 valence electrons. The molecule has 0 aliphatic carbocycles. The van der Waals surface area contributed by atoms with Gasteiger partial charge in [0.05, 0.1) is 6.20 Å². The van der Waals surface area contributed by atoms with Crippen LogP contribution in [0.15, 0.2) is 36.9 Å². The number of aromatic carboxylic acids is 1. The van der Waals surface area contributed by atoms with Gasteiger partial charge in [-0.2, -0.15) is 0 Å². The summed E-state index contributed by atoms with van der Waals surface area (Å²) in [7, 11) is 0. The number of hydrogen-bond donors (Lipinski definition) is 2. The van der Waals surface area contributed by atoms with Gasteiger partial charge in [0, 0.05) is 29.7 Å². The summed E-state index contributed by atoms with van der Waals surface area (Å²) >= 11 is 0. The van der Waals surface area contributed by atoms with Gasteiger partial charge in [0.1, 0.15) is 5.65 Å². The van der Waals surface area contributed by atoms with Crippen molar-refractivity contribution in [2.75, 3.05) is 5.73 Å². The molecule has 0 fully saturated rings. The Labute approximate surface area is 107 Å². The number of carboxylic acids is 1. The molecule has 0 bridgehead atoms. The third kappa shape index (κ3) is 1.86. The molecule has 0 saturated heterocycles. The fraction of sp³-hybridized carbons (Fsp3) is 0. The summed E-state index contributed by atoms with van der Waals surface area (Å²) in [5.74, 6) is -0.836. The molecule has 3 aromatic rings. The highest BCUT2D eigenvalue weighted by molar-refractivity contribution is 5.86. The summed E-state index contributed by atoms with van der Waals surface area (Å²) in [5, 5.41) is 9.07. The fourth-order valence-corrected chi connectivity index (χ4v) is 1.80. The van der Waals surface area contributed by atoms with Crippen LogP contribution in [-0.4, -0.2) is 30.4 Å². The number of rotatable bonds is 2. The number of nitrogens with two attached hydrogens (primary N) is 1. The number of imidazole rings is 1. The minimum Gasteiger partial charge on any atom is -0.477 e. The van der Waals surface area contributed by atoms with Gasteiger partial charge < -0.3 is 10.8 Å². The average Bonchev–Trinajstić information content (AvgIpc) is 2.82. The molecule has 3 aromatic heterocycles. The van der Waals surface area contributed by atoms with Crippen molar-refractivity contribution in [1.29, 1.82) is 0 Å². The predicted molar refractivity (Wildman–Crippen MR) is 67.6 cm³/mol. The molecule has 3 rings (SSSR count). The van der Waals surface area contributed by atoms with E-state index in [9.17, 15) is 4.79 Å². The molecular weight excluding hydrogens is 246 g/mol. The minimum absolute atomic E-state index is 0.105. The predicted octanol–water partition coefficient (Wildman–Crippen LogP) is 1.07. The van der Waals surface area contributed by atoms with E-state index in [-0.39, 0.29) is 11.6 Å². The summed E-state index contributed by atoms with van der Waals surface area (Å²) in [6.07, 6.45) is 6.17. The molecule has 0 amide bonds. The number of carbonyl (C=O) groups is 1. The lowest BCUT2D eigenvalue weighted by molar-refractivity contribution is 0.0689. The maximum atomic E-state index is 11.1. The number of hydrogen-bond acceptors (Lipinski definition) is 5. The van der Waals surface area contributed by atoms with Crippen LogP contribution in [0.4, 0.5) is 5.95 Å². The number of pyridine rings is 1. The Morgan fingerprint density at radius 3 is 2.53 bits per heavy atom. The van der Waals surface area contributed by atoms with Crippen molar-refractivity contribution in [3.63, 3.8) is 0 Å². The van der Waals surface area contributed by atoms with E-state index in [4.69, 9.17) is 10.8 Å². The monoisotopic (exact) mass is 255 g/mol. The Balaban J connectivity index is 2.17. The third-order valence-electron chi connectivity index (χ3n) is 2.73. The van der Waals surface area contributed by atoms with Crippen LogP contribution in [0.1, 0.15) is 10.5 Å². The molecule has 0 aliphatic heterocycles. The minimum atomic E-state index is -1.03. The molecule has 7 nitrogen and oxygen atoms in total. The van der Waals surface area contributed by atoms with Gasteiger partial charge in [0.25, 0.3) is 0 Å². The lowest BCUT2D eigenvalue weighted by atomic mass is 10.1. The van der Waals surface area contributed by atoms with Gasteiger partial charge in [-0.1, -0.05) is 0 Å². The van der Waals surface area contributed by atoms with Crippen molar-refractivity contribution in [3.05, 3.63) is 42.6 Å². The number of aromatic nitrogens is 4. The highest BCUT2D eigenvalue weighted by Gasteiger charge is 2.11. The van der Waals surface area contributed by atoms with Crippen molar-refractivity contribution in [2.24, 2.45) is 0 Å². The molecule has 19 heavy (non-hydrogen) atoms. The molecule has 0 unspecified atom stereocenters. The lowest BCUT2D eigenvalue weighted by Crippen LogP contribution is -2.01. The van der Waals surface area contributed by atoms with Crippen LogP contribution in [0.3, 0.4) is 0 Å². The number of nitrogen functional groups attached to an aromatic ring is 1. The molecule has 0 saturated carbocycles. The van der Waals surface area contributed by atoms with Crippen molar-refractivity contribution in [2.45, 2.75) is 0 Å². The van der Waals surface area contributed by atoms with E-state index in [0.717, 1.165) is 11.1 Å². The molecule has 3 heterocycles. The van der Waals surface area contributed by atoms with E-state index < -0.39 is 5.97 Å². The Morgan fingerprint density at radius 2 is 1.84 bits per heavy atom. The Hall–Kier alpha value is -2.96. The first-order valence-corrected chi connectivity index (χ1v) is 5.43. The second-order valence-corrected chi connectivity index (χ2v) is 3.92. The number of nitrogens with zero attached hydrogens (tertiary/aromatic N) is 4. The van der Waals surface area contributed by atoms with Gasteiger partial charge in [-0.15, -0.1) is 0 Å². The van der Waals surface area contributed by atoms with Gasteiger partial charge in [0.15, 0.2) is 5.69 Å². The van der Waals surface area contributed by atoms with Crippen LogP contribution in [-0.2, 0) is 0 Å². The zero-order valence-corrected chi connectivity index (χ0v) is 9.69. The molecule has 0 atom stereocenters. The molecular formula is C12H9N5O2. The second-order valence-electron chi connectivity index (χ2n) is 3.92. The normalized spacial score (nSPS) is 10.7. The van der Waals surface area contributed by atoms with Crippen molar-refractivity contribution in [1.82, 2.24) is 19.4 Å². The Bertz CT molecular complexity index is 763. The van der Waals surface area contributed by atoms with Gasteiger partial charge in [-0.05, 0) is 12.1 Å². The van der Waals surface area contributed by atoms with Crippen LogP contribution in [0, 0.1) is 0 Å². The first-order chi connectivity index (χ1) is 9.15. The van der Waals surface area contributed by atoms with E-state index in [1.54, 1.807) is 24.7 Å². The zero-order valence-electron chi connectivity index (χ0n) is 9.69. The molecule has 0 radical (unpaired) electrons. The summed E-state index contributed by atoms with van der Waals surface area (Å²) < 4.78 is 1.51. The zero-order chi connectivity index (χ0) is 13.4. The molecule has 0 aromatic carbocycles. The number of carboxylic acid groups (broad SMARTS) is 1. The second kappa shape index (κ2) is 4.05. The lowest BCUT2D eigenvalue weighted by Gasteiger charge is -2.03. The smallest absolute Gasteiger partial charge is 0.354 e. The topological polar surface area (TPSA) is 106 Å². The summed E-state index contributed by atoms with van der Waals surface area (Å²) in [6.45, 7) is 0. The summed E-state index contributed by atoms with van der Waals surface area (Å²) in [4.78, 5) is 22.9. The van der Waals surface area contributed by atoms with E-state index in [1.165, 1.54) is 10.6 Å². The van der Waals surface area contributed by atoms with Crippen LogP contribution < -0.4 is 5.73 Å². The molecule has 7 heteroatoms. The van der Waals surface area contributed by atoms with Gasteiger partial charge in [-0.25, -0.2) is 19.7 Å². The van der Waals surface area contributed by atoms with E-state index >= 15 is 0 Å². The van der Waals surface area contributed by atoms with E-state index in [1.807, 2.05) is 6.07 Å². The maximum absolute atomic E-state index is 11.1.